The number of aliphatic hydroxyl groups excluding tert-OH is 1. The van der Waals surface area contributed by atoms with E-state index in [2.05, 4.69) is 44.1 Å². The average molecular weight is 414 g/mol. The molecule has 1 atom stereocenters. The van der Waals surface area contributed by atoms with Crippen molar-refractivity contribution in [2.24, 2.45) is 11.1 Å². The third-order valence-electron chi connectivity index (χ3n) is 6.77. The summed E-state index contributed by atoms with van der Waals surface area (Å²) >= 11 is 0. The molecule has 6 nitrogen and oxygen atoms in total. The molecule has 2 aromatic heterocycles. The van der Waals surface area contributed by atoms with Crippen LogP contribution in [-0.2, 0) is 13.0 Å². The maximum atomic E-state index is 9.94. The number of aliphatic hydroxyl groups is 1. The zero-order valence-corrected chi connectivity index (χ0v) is 17.5. The molecule has 0 amide bonds. The van der Waals surface area contributed by atoms with Crippen LogP contribution in [0.2, 0.25) is 0 Å². The van der Waals surface area contributed by atoms with Crippen LogP contribution in [-0.4, -0.2) is 33.1 Å². The van der Waals surface area contributed by atoms with E-state index in [1.165, 1.54) is 11.1 Å². The minimum Gasteiger partial charge on any atom is -0.390 e. The fraction of sp³-hybridized carbons (Fsp3) is 0.320. The van der Waals surface area contributed by atoms with Gasteiger partial charge in [0.15, 0.2) is 5.82 Å². The number of anilines is 1. The van der Waals surface area contributed by atoms with Crippen LogP contribution in [0.5, 0.6) is 0 Å². The molecule has 2 aliphatic rings. The Bertz CT molecular complexity index is 1090. The van der Waals surface area contributed by atoms with Gasteiger partial charge >= 0.3 is 0 Å². The van der Waals surface area contributed by atoms with Gasteiger partial charge in [0, 0.05) is 31.5 Å². The van der Waals surface area contributed by atoms with Gasteiger partial charge in [-0.05, 0) is 53.5 Å². The number of nitrogens with zero attached hydrogens (tertiary/aromatic N) is 4. The number of hydrogen-bond acceptors (Lipinski definition) is 6. The molecule has 1 unspecified atom stereocenters. The highest BCUT2D eigenvalue weighted by atomic mass is 16.3. The normalized spacial score (nSPS) is 19.8. The largest absolute Gasteiger partial charge is 0.390 e. The van der Waals surface area contributed by atoms with Gasteiger partial charge in [-0.25, -0.2) is 9.97 Å². The lowest BCUT2D eigenvalue weighted by Crippen LogP contribution is -2.45. The van der Waals surface area contributed by atoms with E-state index in [0.29, 0.717) is 5.69 Å². The molecule has 1 aliphatic carbocycles. The van der Waals surface area contributed by atoms with Crippen LogP contribution in [0.15, 0.2) is 55.0 Å². The predicted molar refractivity (Wildman–Crippen MR) is 122 cm³/mol. The molecule has 3 N–H and O–H groups in total. The minimum absolute atomic E-state index is 0.0919. The first-order valence-electron chi connectivity index (χ1n) is 10.8. The molecule has 3 heterocycles. The van der Waals surface area contributed by atoms with Crippen molar-refractivity contribution in [2.45, 2.75) is 31.9 Å². The molecule has 1 fully saturated rings. The summed E-state index contributed by atoms with van der Waals surface area (Å²) < 4.78 is 0. The van der Waals surface area contributed by atoms with Gasteiger partial charge in [-0.15, -0.1) is 0 Å². The van der Waals surface area contributed by atoms with E-state index in [4.69, 9.17) is 5.73 Å². The van der Waals surface area contributed by atoms with E-state index in [0.717, 1.165) is 49.4 Å². The Balaban J connectivity index is 1.31. The number of hydrogen-bond donors (Lipinski definition) is 2. The summed E-state index contributed by atoms with van der Waals surface area (Å²) in [6.45, 7) is 1.60. The van der Waals surface area contributed by atoms with Crippen molar-refractivity contribution >= 4 is 18.0 Å². The van der Waals surface area contributed by atoms with Crippen LogP contribution in [0.1, 0.15) is 47.0 Å². The Kier molecular flexibility index (Phi) is 5.26. The first-order valence-corrected chi connectivity index (χ1v) is 10.8. The molecule has 0 radical (unpaired) electrons. The standard InChI is InChI=1S/C25H27N5O/c26-23-21-6-2-1-5-19(21)14-25(23)9-12-30(13-10-25)24-22(17-31)29-20(16-28-24)8-7-18-4-3-11-27-15-18/h1-8,11,15-16,23,31H,9-10,12-14,17,26H2. The van der Waals surface area contributed by atoms with Crippen molar-refractivity contribution in [3.8, 4) is 0 Å². The maximum absolute atomic E-state index is 9.94. The number of aromatic nitrogens is 3. The third kappa shape index (κ3) is 3.73. The van der Waals surface area contributed by atoms with Crippen LogP contribution < -0.4 is 10.6 Å². The van der Waals surface area contributed by atoms with E-state index in [1.54, 1.807) is 18.6 Å². The van der Waals surface area contributed by atoms with Crippen LogP contribution in [0.25, 0.3) is 12.2 Å². The molecule has 1 spiro atoms. The predicted octanol–water partition coefficient (Wildman–Crippen LogP) is 3.38. The minimum atomic E-state index is -0.135. The van der Waals surface area contributed by atoms with E-state index in [9.17, 15) is 5.11 Å². The van der Waals surface area contributed by atoms with Gasteiger partial charge in [0.25, 0.3) is 0 Å². The summed E-state index contributed by atoms with van der Waals surface area (Å²) in [6, 6.07) is 12.5. The first-order chi connectivity index (χ1) is 15.2. The molecule has 1 aliphatic heterocycles. The number of pyridine rings is 1. The fourth-order valence-corrected chi connectivity index (χ4v) is 5.01. The fourth-order valence-electron chi connectivity index (χ4n) is 5.01. The summed E-state index contributed by atoms with van der Waals surface area (Å²) in [6.07, 6.45) is 12.2. The van der Waals surface area contributed by atoms with Crippen molar-refractivity contribution < 1.29 is 5.11 Å². The van der Waals surface area contributed by atoms with Gasteiger partial charge in [0.05, 0.1) is 18.5 Å². The second-order valence-corrected chi connectivity index (χ2v) is 8.55. The molecular formula is C25H27N5O. The molecule has 0 saturated carbocycles. The lowest BCUT2D eigenvalue weighted by Gasteiger charge is -2.42. The highest BCUT2D eigenvalue weighted by molar-refractivity contribution is 5.67. The number of nitrogens with two attached hydrogens (primary N) is 1. The van der Waals surface area contributed by atoms with Gasteiger partial charge < -0.3 is 15.7 Å². The molecule has 5 rings (SSSR count). The van der Waals surface area contributed by atoms with Gasteiger partial charge in [0.1, 0.15) is 5.69 Å². The highest BCUT2D eigenvalue weighted by Crippen LogP contribution is 2.50. The average Bonchev–Trinajstić information content (AvgIpc) is 3.10. The van der Waals surface area contributed by atoms with Crippen LogP contribution in [0.3, 0.4) is 0 Å². The molecule has 1 saturated heterocycles. The van der Waals surface area contributed by atoms with Crippen LogP contribution in [0, 0.1) is 5.41 Å². The number of fused-ring (bicyclic) bond motifs is 1. The zero-order chi connectivity index (χ0) is 21.3. The summed E-state index contributed by atoms with van der Waals surface area (Å²) in [7, 11) is 0. The van der Waals surface area contributed by atoms with E-state index < -0.39 is 0 Å². The van der Waals surface area contributed by atoms with E-state index >= 15 is 0 Å². The lowest BCUT2D eigenvalue weighted by molar-refractivity contribution is 0.186. The van der Waals surface area contributed by atoms with Crippen LogP contribution in [0.4, 0.5) is 5.82 Å². The van der Waals surface area contributed by atoms with Crippen LogP contribution >= 0.6 is 0 Å². The highest BCUT2D eigenvalue weighted by Gasteiger charge is 2.46. The van der Waals surface area contributed by atoms with Crippen molar-refractivity contribution in [1.82, 2.24) is 15.0 Å². The SMILES string of the molecule is NC1c2ccccc2CC12CCN(c1ncc(C=Cc3cccnc3)nc1CO)CC2. The zero-order valence-electron chi connectivity index (χ0n) is 17.5. The topological polar surface area (TPSA) is 88.2 Å². The lowest BCUT2D eigenvalue weighted by atomic mass is 9.73. The monoisotopic (exact) mass is 413 g/mol. The van der Waals surface area contributed by atoms with Crippen molar-refractivity contribution in [2.75, 3.05) is 18.0 Å². The van der Waals surface area contributed by atoms with Gasteiger partial charge in [-0.2, -0.15) is 0 Å². The Morgan fingerprint density at radius 3 is 2.68 bits per heavy atom. The summed E-state index contributed by atoms with van der Waals surface area (Å²) in [5.41, 5.74) is 11.8. The van der Waals surface area contributed by atoms with E-state index in [-0.39, 0.29) is 18.1 Å². The van der Waals surface area contributed by atoms with E-state index in [1.807, 2.05) is 24.3 Å². The summed E-state index contributed by atoms with van der Waals surface area (Å²) in [5.74, 6) is 0.778. The molecule has 1 aromatic carbocycles. The van der Waals surface area contributed by atoms with Crippen molar-refractivity contribution in [3.05, 3.63) is 83.1 Å². The maximum Gasteiger partial charge on any atom is 0.152 e. The first kappa shape index (κ1) is 19.8. The number of piperidine rings is 1. The quantitative estimate of drug-likeness (QED) is 0.682. The van der Waals surface area contributed by atoms with Gasteiger partial charge in [0.2, 0.25) is 0 Å². The summed E-state index contributed by atoms with van der Waals surface area (Å²) in [4.78, 5) is 15.7. The Morgan fingerprint density at radius 1 is 1.10 bits per heavy atom. The Hall–Kier alpha value is -3.09. The molecule has 0 bridgehead atoms. The number of benzene rings is 1. The summed E-state index contributed by atoms with van der Waals surface area (Å²) in [5, 5.41) is 9.94. The van der Waals surface area contributed by atoms with Gasteiger partial charge in [-0.1, -0.05) is 36.4 Å². The molecule has 6 heteroatoms. The second kappa shape index (κ2) is 8.21. The molecular weight excluding hydrogens is 386 g/mol. The van der Waals surface area contributed by atoms with Gasteiger partial charge in [-0.3, -0.25) is 4.98 Å². The smallest absolute Gasteiger partial charge is 0.152 e. The Labute approximate surface area is 182 Å². The molecule has 31 heavy (non-hydrogen) atoms. The van der Waals surface area contributed by atoms with Crippen molar-refractivity contribution in [3.63, 3.8) is 0 Å². The molecule has 3 aromatic rings. The Morgan fingerprint density at radius 2 is 1.94 bits per heavy atom. The second-order valence-electron chi connectivity index (χ2n) is 8.55. The molecule has 158 valence electrons. The van der Waals surface area contributed by atoms with Crippen molar-refractivity contribution in [1.29, 1.82) is 0 Å². The third-order valence-corrected chi connectivity index (χ3v) is 6.77. The number of rotatable bonds is 4.